The van der Waals surface area contributed by atoms with Crippen molar-refractivity contribution in [1.29, 1.82) is 0 Å². The number of hydrogen-bond donors (Lipinski definition) is 3. The Morgan fingerprint density at radius 2 is 1.87 bits per heavy atom. The second kappa shape index (κ2) is 12.1. The van der Waals surface area contributed by atoms with Crippen molar-refractivity contribution in [3.05, 3.63) is 67.0 Å². The van der Waals surface area contributed by atoms with Crippen LogP contribution in [0.3, 0.4) is 0 Å². The molecule has 1 aliphatic heterocycles. The summed E-state index contributed by atoms with van der Waals surface area (Å²) in [5, 5.41) is 7.19. The molecule has 11 nitrogen and oxygen atoms in total. The van der Waals surface area contributed by atoms with Gasteiger partial charge < -0.3 is 35.3 Å². The topological polar surface area (TPSA) is 137 Å². The first-order valence-electron chi connectivity index (χ1n) is 15.5. The molecule has 6 rings (SSSR count). The number of nitrogens with one attached hydrogen (secondary N) is 2. The zero-order chi connectivity index (χ0) is 32.7. The molecule has 2 atom stereocenters. The van der Waals surface area contributed by atoms with Crippen LogP contribution in [0.4, 0.5) is 23.0 Å². The molecule has 240 valence electrons. The third kappa shape index (κ3) is 6.02. The minimum Gasteiger partial charge on any atom is -0.494 e. The van der Waals surface area contributed by atoms with Crippen molar-refractivity contribution in [1.82, 2.24) is 14.5 Å². The normalized spacial score (nSPS) is 20.5. The Bertz CT molecular complexity index is 1810. The van der Waals surface area contributed by atoms with E-state index in [1.54, 1.807) is 21.0 Å². The minimum absolute atomic E-state index is 0.140. The number of nitrogens with two attached hydrogens (primary N) is 1. The van der Waals surface area contributed by atoms with Gasteiger partial charge in [0.15, 0.2) is 0 Å². The maximum Gasteiger partial charge on any atom is 0.342 e. The zero-order valence-corrected chi connectivity index (χ0v) is 27.0. The molecule has 2 aliphatic rings. The van der Waals surface area contributed by atoms with Crippen LogP contribution in [0.1, 0.15) is 44.0 Å². The van der Waals surface area contributed by atoms with Crippen LogP contribution >= 0.6 is 0 Å². The monoisotopic (exact) mass is 623 g/mol. The summed E-state index contributed by atoms with van der Waals surface area (Å²) in [6.45, 7) is 11.0. The standard InChI is InChI=1S/C35H41N7O4/c1-7-31(43)38-26-12-27(30(45-6)13-29(26)42-17-21-14-35(4,36)15-22(21)18-42)39-34-37-16-24(33(44)46-20(2)3)32(40-34)25-19-41(5)28-11-9-8-10-23(25)28/h7-13,16,19-22H,1,14-15,17-18,36H2,2-6H3,(H,38,43)(H,37,39,40). The van der Waals surface area contributed by atoms with Gasteiger partial charge in [-0.25, -0.2) is 14.8 Å². The van der Waals surface area contributed by atoms with E-state index in [4.69, 9.17) is 20.2 Å². The second-order valence-corrected chi connectivity index (χ2v) is 13.0. The number of para-hydroxylation sites is 1. The number of hydrogen-bond acceptors (Lipinski definition) is 9. The number of amides is 1. The highest BCUT2D eigenvalue weighted by atomic mass is 16.5. The van der Waals surface area contributed by atoms with Gasteiger partial charge in [-0.3, -0.25) is 4.79 Å². The van der Waals surface area contributed by atoms with Crippen molar-refractivity contribution >= 4 is 45.8 Å². The molecule has 11 heteroatoms. The molecule has 1 amide bonds. The first-order chi connectivity index (χ1) is 22.0. The van der Waals surface area contributed by atoms with Crippen LogP contribution in [0.15, 0.2) is 61.4 Å². The Morgan fingerprint density at radius 3 is 2.54 bits per heavy atom. The van der Waals surface area contributed by atoms with E-state index in [-0.39, 0.29) is 29.1 Å². The van der Waals surface area contributed by atoms with Gasteiger partial charge >= 0.3 is 5.97 Å². The van der Waals surface area contributed by atoms with Crippen LogP contribution < -0.4 is 26.0 Å². The number of esters is 1. The first-order valence-corrected chi connectivity index (χ1v) is 15.5. The predicted octanol–water partition coefficient (Wildman–Crippen LogP) is 5.64. The van der Waals surface area contributed by atoms with Gasteiger partial charge in [-0.05, 0) is 63.7 Å². The summed E-state index contributed by atoms with van der Waals surface area (Å²) >= 11 is 0. The predicted molar refractivity (Wildman–Crippen MR) is 181 cm³/mol. The van der Waals surface area contributed by atoms with Crippen molar-refractivity contribution in [3.63, 3.8) is 0 Å². The number of nitrogens with zero attached hydrogens (tertiary/aromatic N) is 4. The molecule has 4 N–H and O–H groups in total. The van der Waals surface area contributed by atoms with E-state index < -0.39 is 5.97 Å². The lowest BCUT2D eigenvalue weighted by Crippen LogP contribution is -2.35. The number of aromatic nitrogens is 3. The number of methoxy groups -OCH3 is 1. The molecule has 1 saturated heterocycles. The van der Waals surface area contributed by atoms with E-state index in [1.807, 2.05) is 54.2 Å². The number of rotatable bonds is 9. The van der Waals surface area contributed by atoms with Crippen molar-refractivity contribution < 1.29 is 19.1 Å². The quantitative estimate of drug-likeness (QED) is 0.160. The number of carbonyl (C=O) groups excluding carboxylic acids is 2. The summed E-state index contributed by atoms with van der Waals surface area (Å²) in [6.07, 6.45) is 6.29. The molecule has 3 heterocycles. The van der Waals surface area contributed by atoms with Crippen LogP contribution in [0.5, 0.6) is 5.75 Å². The molecule has 0 bridgehead atoms. The maximum absolute atomic E-state index is 13.2. The van der Waals surface area contributed by atoms with E-state index in [9.17, 15) is 9.59 Å². The second-order valence-electron chi connectivity index (χ2n) is 13.0. The molecule has 4 aromatic rings. The van der Waals surface area contributed by atoms with Gasteiger partial charge in [-0.2, -0.15) is 0 Å². The third-order valence-electron chi connectivity index (χ3n) is 8.89. The number of carbonyl (C=O) groups is 2. The number of benzene rings is 2. The average Bonchev–Trinajstić information content (AvgIpc) is 3.64. The molecular weight excluding hydrogens is 582 g/mol. The van der Waals surface area contributed by atoms with Gasteiger partial charge in [-0.1, -0.05) is 24.8 Å². The van der Waals surface area contributed by atoms with Crippen LogP contribution in [0.2, 0.25) is 0 Å². The lowest BCUT2D eigenvalue weighted by atomic mass is 10.00. The van der Waals surface area contributed by atoms with Crippen LogP contribution in [0.25, 0.3) is 22.2 Å². The fourth-order valence-corrected chi connectivity index (χ4v) is 6.99. The molecule has 1 saturated carbocycles. The Labute approximate surface area is 268 Å². The molecular formula is C35H41N7O4. The van der Waals surface area contributed by atoms with Gasteiger partial charge in [0.05, 0.1) is 36.0 Å². The zero-order valence-electron chi connectivity index (χ0n) is 27.0. The van der Waals surface area contributed by atoms with E-state index in [1.165, 1.54) is 12.3 Å². The smallest absolute Gasteiger partial charge is 0.342 e. The SMILES string of the molecule is C=CC(=O)Nc1cc(Nc2ncc(C(=O)OC(C)C)c(-c3cn(C)c4ccccc34)n2)c(OC)cc1N1CC2CC(C)(N)CC2C1. The molecule has 2 unspecified atom stereocenters. The number of ether oxygens (including phenoxy) is 2. The van der Waals surface area contributed by atoms with Gasteiger partial charge in [0.1, 0.15) is 11.3 Å². The highest BCUT2D eigenvalue weighted by Gasteiger charge is 2.45. The highest BCUT2D eigenvalue weighted by molar-refractivity contribution is 6.04. The van der Waals surface area contributed by atoms with E-state index in [0.29, 0.717) is 34.7 Å². The summed E-state index contributed by atoms with van der Waals surface area (Å²) in [7, 11) is 3.55. The lowest BCUT2D eigenvalue weighted by molar-refractivity contribution is -0.111. The van der Waals surface area contributed by atoms with Crippen molar-refractivity contribution in [2.75, 3.05) is 35.7 Å². The lowest BCUT2D eigenvalue weighted by Gasteiger charge is -2.27. The van der Waals surface area contributed by atoms with Gasteiger partial charge in [0.25, 0.3) is 0 Å². The number of fused-ring (bicyclic) bond motifs is 2. The van der Waals surface area contributed by atoms with E-state index in [0.717, 1.165) is 48.1 Å². The van der Waals surface area contributed by atoms with E-state index in [2.05, 4.69) is 34.0 Å². The fourth-order valence-electron chi connectivity index (χ4n) is 6.99. The van der Waals surface area contributed by atoms with Crippen molar-refractivity contribution in [3.8, 4) is 17.0 Å². The van der Waals surface area contributed by atoms with Gasteiger partial charge in [-0.15, -0.1) is 0 Å². The average molecular weight is 624 g/mol. The van der Waals surface area contributed by atoms with Crippen molar-refractivity contribution in [2.24, 2.45) is 24.6 Å². The fraction of sp³-hybridized carbons (Fsp3) is 0.371. The molecule has 0 radical (unpaired) electrons. The summed E-state index contributed by atoms with van der Waals surface area (Å²) in [5.41, 5.74) is 10.8. The van der Waals surface area contributed by atoms with Gasteiger partial charge in [0.2, 0.25) is 11.9 Å². The van der Waals surface area contributed by atoms with E-state index >= 15 is 0 Å². The third-order valence-corrected chi connectivity index (χ3v) is 8.89. The Morgan fingerprint density at radius 1 is 1.15 bits per heavy atom. The number of anilines is 4. The van der Waals surface area contributed by atoms with Gasteiger partial charge in [0, 0.05) is 60.6 Å². The summed E-state index contributed by atoms with van der Waals surface area (Å²) in [4.78, 5) is 37.4. The molecule has 1 aliphatic carbocycles. The maximum atomic E-state index is 13.2. The van der Waals surface area contributed by atoms with Crippen LogP contribution in [-0.4, -0.2) is 58.3 Å². The largest absolute Gasteiger partial charge is 0.494 e. The Balaban J connectivity index is 1.40. The molecule has 0 spiro atoms. The summed E-state index contributed by atoms with van der Waals surface area (Å²) in [5.74, 6) is 0.937. The minimum atomic E-state index is -0.508. The van der Waals surface area contributed by atoms with Crippen molar-refractivity contribution in [2.45, 2.75) is 45.3 Å². The summed E-state index contributed by atoms with van der Waals surface area (Å²) in [6, 6.07) is 11.7. The number of aryl methyl sites for hydroxylation is 1. The van der Waals surface area contributed by atoms with Crippen LogP contribution in [-0.2, 0) is 16.6 Å². The Hall–Kier alpha value is -4.90. The summed E-state index contributed by atoms with van der Waals surface area (Å²) < 4.78 is 13.4. The van der Waals surface area contributed by atoms with Crippen LogP contribution in [0, 0.1) is 11.8 Å². The highest BCUT2D eigenvalue weighted by Crippen LogP contribution is 2.47. The molecule has 2 aromatic heterocycles. The first kappa shape index (κ1) is 31.1. The molecule has 46 heavy (non-hydrogen) atoms. The Kier molecular flexibility index (Phi) is 8.20. The molecule has 2 fully saturated rings. The molecule has 2 aromatic carbocycles.